The minimum Gasteiger partial charge on any atom is -0.322 e. The van der Waals surface area contributed by atoms with Gasteiger partial charge in [-0.15, -0.1) is 0 Å². The van der Waals surface area contributed by atoms with Crippen LogP contribution in [0.2, 0.25) is 10.2 Å². The molecular formula is C17H18Cl2N4O3S. The Hall–Kier alpha value is -1.71. The summed E-state index contributed by atoms with van der Waals surface area (Å²) >= 11 is 11.6. The third-order valence-electron chi connectivity index (χ3n) is 4.27. The molecule has 27 heavy (non-hydrogen) atoms. The zero-order valence-corrected chi connectivity index (χ0v) is 16.9. The van der Waals surface area contributed by atoms with Crippen LogP contribution in [0.4, 0.5) is 5.69 Å². The number of sulfonamides is 1. The minimum atomic E-state index is -3.54. The van der Waals surface area contributed by atoms with E-state index in [0.29, 0.717) is 31.9 Å². The molecule has 2 heterocycles. The van der Waals surface area contributed by atoms with Crippen LogP contribution in [0, 0.1) is 0 Å². The number of amides is 1. The molecule has 1 fully saturated rings. The van der Waals surface area contributed by atoms with Gasteiger partial charge in [0.15, 0.2) is 0 Å². The summed E-state index contributed by atoms with van der Waals surface area (Å²) in [4.78, 5) is 18.4. The second-order valence-electron chi connectivity index (χ2n) is 6.18. The molecule has 0 unspecified atom stereocenters. The standard InChI is InChI=1S/C17H18Cl2N4O3S/c1-22-6-8-23(9-7-22)27(25,26)14-4-2-13(3-5-14)21-17(24)12-10-15(18)16(19)20-11-12/h2-5,10-11H,6-9H2,1H3,(H,21,24). The lowest BCUT2D eigenvalue weighted by atomic mass is 10.2. The van der Waals surface area contributed by atoms with Gasteiger partial charge in [0.2, 0.25) is 10.0 Å². The molecule has 10 heteroatoms. The number of rotatable bonds is 4. The number of pyridine rings is 1. The first-order chi connectivity index (χ1) is 12.8. The summed E-state index contributed by atoms with van der Waals surface area (Å²) in [5, 5.41) is 2.97. The molecule has 1 aliphatic heterocycles. The summed E-state index contributed by atoms with van der Waals surface area (Å²) in [5.74, 6) is -0.421. The first-order valence-electron chi connectivity index (χ1n) is 8.18. The van der Waals surface area contributed by atoms with Gasteiger partial charge in [-0.2, -0.15) is 4.31 Å². The molecule has 0 atom stereocenters. The number of hydrogen-bond donors (Lipinski definition) is 1. The number of carbonyl (C=O) groups excluding carboxylic acids is 1. The lowest BCUT2D eigenvalue weighted by Crippen LogP contribution is -2.46. The molecule has 7 nitrogen and oxygen atoms in total. The largest absolute Gasteiger partial charge is 0.322 e. The molecule has 1 N–H and O–H groups in total. The van der Waals surface area contributed by atoms with Crippen molar-refractivity contribution in [2.45, 2.75) is 4.90 Å². The van der Waals surface area contributed by atoms with Crippen molar-refractivity contribution in [3.8, 4) is 0 Å². The van der Waals surface area contributed by atoms with Gasteiger partial charge in [-0.25, -0.2) is 13.4 Å². The highest BCUT2D eigenvalue weighted by Crippen LogP contribution is 2.22. The van der Waals surface area contributed by atoms with Gasteiger partial charge >= 0.3 is 0 Å². The number of likely N-dealkylation sites (N-methyl/N-ethyl adjacent to an activating group) is 1. The Bertz CT molecular complexity index is 943. The first-order valence-corrected chi connectivity index (χ1v) is 10.4. The number of piperazine rings is 1. The Morgan fingerprint density at radius 3 is 2.33 bits per heavy atom. The molecule has 1 amide bonds. The van der Waals surface area contributed by atoms with Crippen LogP contribution in [-0.2, 0) is 10.0 Å². The van der Waals surface area contributed by atoms with E-state index in [1.54, 1.807) is 12.1 Å². The van der Waals surface area contributed by atoms with Crippen LogP contribution in [0.15, 0.2) is 41.4 Å². The maximum absolute atomic E-state index is 12.7. The smallest absolute Gasteiger partial charge is 0.257 e. The second kappa shape index (κ2) is 8.12. The van der Waals surface area contributed by atoms with Crippen molar-refractivity contribution >= 4 is 44.8 Å². The van der Waals surface area contributed by atoms with Crippen molar-refractivity contribution in [2.24, 2.45) is 0 Å². The Morgan fingerprint density at radius 1 is 1.11 bits per heavy atom. The molecule has 2 aromatic rings. The van der Waals surface area contributed by atoms with E-state index in [9.17, 15) is 13.2 Å². The second-order valence-corrected chi connectivity index (χ2v) is 8.89. The van der Waals surface area contributed by atoms with E-state index in [-0.39, 0.29) is 20.6 Å². The average molecular weight is 429 g/mol. The molecule has 1 aromatic heterocycles. The predicted molar refractivity (Wildman–Crippen MR) is 105 cm³/mol. The van der Waals surface area contributed by atoms with E-state index in [1.165, 1.54) is 28.7 Å². The summed E-state index contributed by atoms with van der Waals surface area (Å²) < 4.78 is 26.9. The molecule has 0 radical (unpaired) electrons. The fourth-order valence-electron chi connectivity index (χ4n) is 2.64. The SMILES string of the molecule is CN1CCN(S(=O)(=O)c2ccc(NC(=O)c3cnc(Cl)c(Cl)c3)cc2)CC1. The highest BCUT2D eigenvalue weighted by Gasteiger charge is 2.27. The van der Waals surface area contributed by atoms with E-state index in [1.807, 2.05) is 7.05 Å². The van der Waals surface area contributed by atoms with Crippen LogP contribution in [0.25, 0.3) is 0 Å². The average Bonchev–Trinajstić information content (AvgIpc) is 2.64. The van der Waals surface area contributed by atoms with Crippen molar-refractivity contribution in [1.82, 2.24) is 14.2 Å². The number of nitrogens with one attached hydrogen (secondary N) is 1. The Labute approximate surface area is 167 Å². The maximum Gasteiger partial charge on any atom is 0.257 e. The number of hydrogen-bond acceptors (Lipinski definition) is 5. The Balaban J connectivity index is 1.71. The van der Waals surface area contributed by atoms with Crippen molar-refractivity contribution in [3.05, 3.63) is 52.3 Å². The molecule has 1 aromatic carbocycles. The molecule has 1 saturated heterocycles. The Kier molecular flexibility index (Phi) is 6.02. The van der Waals surface area contributed by atoms with Crippen LogP contribution in [0.1, 0.15) is 10.4 Å². The van der Waals surface area contributed by atoms with Gasteiger partial charge < -0.3 is 10.2 Å². The van der Waals surface area contributed by atoms with Gasteiger partial charge in [-0.05, 0) is 37.4 Å². The van der Waals surface area contributed by atoms with Crippen molar-refractivity contribution in [2.75, 3.05) is 38.5 Å². The molecule has 0 saturated carbocycles. The molecule has 144 valence electrons. The zero-order chi connectivity index (χ0) is 19.6. The molecule has 3 rings (SSSR count). The number of benzene rings is 1. The Morgan fingerprint density at radius 2 is 1.74 bits per heavy atom. The molecule has 0 bridgehead atoms. The van der Waals surface area contributed by atoms with Crippen molar-refractivity contribution < 1.29 is 13.2 Å². The summed E-state index contributed by atoms with van der Waals surface area (Å²) in [7, 11) is -1.58. The van der Waals surface area contributed by atoms with Crippen molar-refractivity contribution in [3.63, 3.8) is 0 Å². The van der Waals surface area contributed by atoms with Crippen molar-refractivity contribution in [1.29, 1.82) is 0 Å². The highest BCUT2D eigenvalue weighted by atomic mass is 35.5. The van der Waals surface area contributed by atoms with Crippen LogP contribution in [0.5, 0.6) is 0 Å². The van der Waals surface area contributed by atoms with E-state index in [2.05, 4.69) is 15.2 Å². The van der Waals surface area contributed by atoms with Crippen LogP contribution in [0.3, 0.4) is 0 Å². The van der Waals surface area contributed by atoms with E-state index < -0.39 is 15.9 Å². The fourth-order valence-corrected chi connectivity index (χ4v) is 4.33. The summed E-state index contributed by atoms with van der Waals surface area (Å²) in [6, 6.07) is 7.47. The van der Waals surface area contributed by atoms with E-state index >= 15 is 0 Å². The van der Waals surface area contributed by atoms with Gasteiger partial charge in [0.25, 0.3) is 5.91 Å². The number of carbonyl (C=O) groups is 1. The topological polar surface area (TPSA) is 82.6 Å². The minimum absolute atomic E-state index is 0.117. The van der Waals surface area contributed by atoms with Gasteiger partial charge in [0.1, 0.15) is 5.15 Å². The normalized spacial score (nSPS) is 16.3. The van der Waals surface area contributed by atoms with Gasteiger partial charge in [0.05, 0.1) is 15.5 Å². The number of aromatic nitrogens is 1. The number of nitrogens with zero attached hydrogens (tertiary/aromatic N) is 3. The summed E-state index contributed by atoms with van der Waals surface area (Å²) in [6.07, 6.45) is 1.32. The van der Waals surface area contributed by atoms with Crippen LogP contribution in [-0.4, -0.2) is 61.7 Å². The monoisotopic (exact) mass is 428 g/mol. The molecular weight excluding hydrogens is 411 g/mol. The molecule has 0 spiro atoms. The molecule has 1 aliphatic rings. The number of anilines is 1. The maximum atomic E-state index is 12.7. The third-order valence-corrected chi connectivity index (χ3v) is 6.87. The van der Waals surface area contributed by atoms with Gasteiger partial charge in [-0.3, -0.25) is 4.79 Å². The van der Waals surface area contributed by atoms with Gasteiger partial charge in [0, 0.05) is 38.1 Å². The molecule has 0 aliphatic carbocycles. The van der Waals surface area contributed by atoms with E-state index in [0.717, 1.165) is 0 Å². The summed E-state index contributed by atoms with van der Waals surface area (Å²) in [6.45, 7) is 2.32. The van der Waals surface area contributed by atoms with E-state index in [4.69, 9.17) is 23.2 Å². The van der Waals surface area contributed by atoms with Crippen LogP contribution >= 0.6 is 23.2 Å². The lowest BCUT2D eigenvalue weighted by Gasteiger charge is -2.31. The fraction of sp³-hybridized carbons (Fsp3) is 0.294. The third kappa shape index (κ3) is 4.59. The first kappa shape index (κ1) is 20.0. The lowest BCUT2D eigenvalue weighted by molar-refractivity contribution is 0.102. The van der Waals surface area contributed by atoms with Gasteiger partial charge in [-0.1, -0.05) is 23.2 Å². The highest BCUT2D eigenvalue weighted by molar-refractivity contribution is 7.89. The summed E-state index contributed by atoms with van der Waals surface area (Å²) in [5.41, 5.74) is 0.710. The number of halogens is 2. The predicted octanol–water partition coefficient (Wildman–Crippen LogP) is 2.58. The quantitative estimate of drug-likeness (QED) is 0.756. The zero-order valence-electron chi connectivity index (χ0n) is 14.5. The van der Waals surface area contributed by atoms with Crippen LogP contribution < -0.4 is 5.32 Å².